The minimum absolute atomic E-state index is 0.0416. The second-order valence-corrected chi connectivity index (χ2v) is 12.1. The Labute approximate surface area is 212 Å². The average Bonchev–Trinajstić information content (AvgIpc) is 3.26. The molecule has 4 bridgehead atoms. The van der Waals surface area contributed by atoms with Crippen molar-refractivity contribution in [3.05, 3.63) is 53.6 Å². The van der Waals surface area contributed by atoms with E-state index in [4.69, 9.17) is 4.42 Å². The van der Waals surface area contributed by atoms with Crippen molar-refractivity contribution in [3.8, 4) is 17.1 Å². The van der Waals surface area contributed by atoms with Gasteiger partial charge in [0, 0.05) is 28.6 Å². The number of rotatable bonds is 5. The standard InChI is InChI=1S/C31H36N2O3/c34-25-9-10-26-27(24(25)19-33-11-5-2-6-12-33)28(29(36-26)23-7-3-1-4-8-23)30(35)32-31-16-20-13-21(17-31)15-22(14-20)18-31/h1,3-4,7-10,20-22,34H,2,5-6,11-19H2,(H,32,35). The molecule has 4 aliphatic carbocycles. The van der Waals surface area contributed by atoms with E-state index in [9.17, 15) is 9.90 Å². The number of nitrogens with zero attached hydrogens (tertiary/aromatic N) is 1. The van der Waals surface area contributed by atoms with Gasteiger partial charge in [-0.15, -0.1) is 0 Å². The molecule has 5 nitrogen and oxygen atoms in total. The first-order valence-corrected chi connectivity index (χ1v) is 13.9. The van der Waals surface area contributed by atoms with E-state index in [0.717, 1.165) is 66.6 Å². The van der Waals surface area contributed by atoms with Crippen LogP contribution in [-0.2, 0) is 6.54 Å². The third-order valence-electron chi connectivity index (χ3n) is 9.45. The number of carbonyl (C=O) groups is 1. The molecule has 5 fully saturated rings. The molecule has 4 saturated carbocycles. The van der Waals surface area contributed by atoms with Crippen molar-refractivity contribution in [3.63, 3.8) is 0 Å². The van der Waals surface area contributed by atoms with E-state index < -0.39 is 0 Å². The van der Waals surface area contributed by atoms with Gasteiger partial charge in [0.25, 0.3) is 5.91 Å². The van der Waals surface area contributed by atoms with Crippen molar-refractivity contribution >= 4 is 16.9 Å². The molecular formula is C31H36N2O3. The van der Waals surface area contributed by atoms with E-state index in [-0.39, 0.29) is 17.2 Å². The Morgan fingerprint density at radius 3 is 2.28 bits per heavy atom. The van der Waals surface area contributed by atoms with Crippen molar-refractivity contribution in [1.82, 2.24) is 10.2 Å². The van der Waals surface area contributed by atoms with Gasteiger partial charge in [-0.1, -0.05) is 36.8 Å². The SMILES string of the molecule is O=C(NC12CC3CC(CC(C3)C1)C2)c1c(-c2ccccc2)oc2ccc(O)c(CN3CCCCC3)c12. The lowest BCUT2D eigenvalue weighted by Gasteiger charge is -2.56. The highest BCUT2D eigenvalue weighted by atomic mass is 16.3. The van der Waals surface area contributed by atoms with Crippen LogP contribution in [0, 0.1) is 17.8 Å². The van der Waals surface area contributed by atoms with E-state index in [1.165, 1.54) is 38.5 Å². The summed E-state index contributed by atoms with van der Waals surface area (Å²) in [6.45, 7) is 2.68. The Bertz CT molecular complexity index is 1250. The van der Waals surface area contributed by atoms with Gasteiger partial charge >= 0.3 is 0 Å². The summed E-state index contributed by atoms with van der Waals surface area (Å²) in [6.07, 6.45) is 10.9. The van der Waals surface area contributed by atoms with E-state index >= 15 is 0 Å². The van der Waals surface area contributed by atoms with Crippen LogP contribution in [0.15, 0.2) is 46.9 Å². The molecule has 5 heteroatoms. The molecule has 36 heavy (non-hydrogen) atoms. The summed E-state index contributed by atoms with van der Waals surface area (Å²) in [5, 5.41) is 15.4. The number of hydrogen-bond donors (Lipinski definition) is 2. The molecule has 0 spiro atoms. The largest absolute Gasteiger partial charge is 0.508 e. The zero-order valence-electron chi connectivity index (χ0n) is 21.0. The maximum absolute atomic E-state index is 14.3. The first-order valence-electron chi connectivity index (χ1n) is 13.9. The van der Waals surface area contributed by atoms with Crippen molar-refractivity contribution in [2.45, 2.75) is 69.9 Å². The molecule has 2 N–H and O–H groups in total. The number of phenols is 1. The zero-order chi connectivity index (χ0) is 24.3. The fraction of sp³-hybridized carbons (Fsp3) is 0.516. The molecule has 0 atom stereocenters. The fourth-order valence-corrected chi connectivity index (χ4v) is 8.33. The van der Waals surface area contributed by atoms with Crippen LogP contribution in [0.25, 0.3) is 22.3 Å². The molecule has 8 rings (SSSR count). The van der Waals surface area contributed by atoms with Gasteiger partial charge in [-0.25, -0.2) is 0 Å². The van der Waals surface area contributed by atoms with Crippen LogP contribution >= 0.6 is 0 Å². The van der Waals surface area contributed by atoms with E-state index in [1.807, 2.05) is 36.4 Å². The van der Waals surface area contributed by atoms with Crippen LogP contribution in [0.5, 0.6) is 5.75 Å². The number of carbonyl (C=O) groups excluding carboxylic acids is 1. The third-order valence-corrected chi connectivity index (χ3v) is 9.45. The quantitative estimate of drug-likeness (QED) is 0.434. The fourth-order valence-electron chi connectivity index (χ4n) is 8.33. The smallest absolute Gasteiger partial charge is 0.256 e. The van der Waals surface area contributed by atoms with E-state index in [1.54, 1.807) is 6.07 Å². The van der Waals surface area contributed by atoms with Gasteiger partial charge in [0.2, 0.25) is 0 Å². The zero-order valence-corrected chi connectivity index (χ0v) is 21.0. The Kier molecular flexibility index (Phi) is 5.39. The van der Waals surface area contributed by atoms with Crippen molar-refractivity contribution in [1.29, 1.82) is 0 Å². The highest BCUT2D eigenvalue weighted by molar-refractivity contribution is 6.12. The lowest BCUT2D eigenvalue weighted by molar-refractivity contribution is -0.0166. The van der Waals surface area contributed by atoms with Gasteiger partial charge in [0.1, 0.15) is 17.1 Å². The highest BCUT2D eigenvalue weighted by Gasteiger charge is 2.51. The minimum Gasteiger partial charge on any atom is -0.508 e. The number of aromatic hydroxyl groups is 1. The maximum atomic E-state index is 14.3. The summed E-state index contributed by atoms with van der Waals surface area (Å²) in [5.41, 5.74) is 2.89. The summed E-state index contributed by atoms with van der Waals surface area (Å²) in [4.78, 5) is 16.7. The number of piperidine rings is 1. The number of amides is 1. The monoisotopic (exact) mass is 484 g/mol. The number of hydrogen-bond acceptors (Lipinski definition) is 4. The molecule has 2 aromatic carbocycles. The Morgan fingerprint density at radius 2 is 1.61 bits per heavy atom. The van der Waals surface area contributed by atoms with E-state index in [2.05, 4.69) is 10.2 Å². The molecule has 1 aliphatic heterocycles. The van der Waals surface area contributed by atoms with Crippen LogP contribution in [0.3, 0.4) is 0 Å². The van der Waals surface area contributed by atoms with Crippen molar-refractivity contribution in [2.75, 3.05) is 13.1 Å². The molecule has 1 amide bonds. The molecule has 5 aliphatic rings. The minimum atomic E-state index is -0.0900. The lowest BCUT2D eigenvalue weighted by atomic mass is 9.53. The summed E-state index contributed by atoms with van der Waals surface area (Å²) < 4.78 is 6.42. The van der Waals surface area contributed by atoms with Gasteiger partial charge in [-0.2, -0.15) is 0 Å². The Hall–Kier alpha value is -2.79. The second-order valence-electron chi connectivity index (χ2n) is 12.1. The summed E-state index contributed by atoms with van der Waals surface area (Å²) in [5.74, 6) is 3.08. The normalized spacial score (nSPS) is 29.6. The topological polar surface area (TPSA) is 65.7 Å². The molecule has 2 heterocycles. The number of phenolic OH excluding ortho intramolecular Hbond substituents is 1. The van der Waals surface area contributed by atoms with Gasteiger partial charge in [0.15, 0.2) is 0 Å². The first kappa shape index (κ1) is 22.4. The van der Waals surface area contributed by atoms with Crippen molar-refractivity contribution in [2.24, 2.45) is 17.8 Å². The van der Waals surface area contributed by atoms with Gasteiger partial charge in [0.05, 0.1) is 5.56 Å². The average molecular weight is 485 g/mol. The van der Waals surface area contributed by atoms with Gasteiger partial charge in [-0.05, 0) is 94.3 Å². The predicted molar refractivity (Wildman–Crippen MR) is 141 cm³/mol. The van der Waals surface area contributed by atoms with Gasteiger partial charge in [-0.3, -0.25) is 9.69 Å². The van der Waals surface area contributed by atoms with Crippen LogP contribution in [0.1, 0.15) is 73.7 Å². The van der Waals surface area contributed by atoms with Crippen LogP contribution in [-0.4, -0.2) is 34.5 Å². The van der Waals surface area contributed by atoms with Crippen LogP contribution < -0.4 is 5.32 Å². The van der Waals surface area contributed by atoms with E-state index in [0.29, 0.717) is 23.5 Å². The number of likely N-dealkylation sites (tertiary alicyclic amines) is 1. The van der Waals surface area contributed by atoms with Crippen LogP contribution in [0.2, 0.25) is 0 Å². The van der Waals surface area contributed by atoms with Crippen molar-refractivity contribution < 1.29 is 14.3 Å². The lowest BCUT2D eigenvalue weighted by Crippen LogP contribution is -2.59. The first-order chi connectivity index (χ1) is 17.6. The molecule has 3 aromatic rings. The molecule has 0 unspecified atom stereocenters. The Morgan fingerprint density at radius 1 is 0.944 bits per heavy atom. The number of nitrogens with one attached hydrogen (secondary N) is 1. The van der Waals surface area contributed by atoms with Crippen LogP contribution in [0.4, 0.5) is 0 Å². The molecular weight excluding hydrogens is 448 g/mol. The Balaban J connectivity index is 1.33. The third kappa shape index (κ3) is 3.83. The number of benzene rings is 2. The highest BCUT2D eigenvalue weighted by Crippen LogP contribution is 2.56. The van der Waals surface area contributed by atoms with Gasteiger partial charge < -0.3 is 14.8 Å². The number of fused-ring (bicyclic) bond motifs is 1. The molecule has 1 aromatic heterocycles. The summed E-state index contributed by atoms with van der Waals surface area (Å²) >= 11 is 0. The molecule has 0 radical (unpaired) electrons. The second kappa shape index (κ2) is 8.65. The number of furan rings is 1. The maximum Gasteiger partial charge on any atom is 0.256 e. The predicted octanol–water partition coefficient (Wildman–Crippen LogP) is 6.49. The molecule has 1 saturated heterocycles. The summed E-state index contributed by atoms with van der Waals surface area (Å²) in [6, 6.07) is 13.5. The molecule has 188 valence electrons. The summed E-state index contributed by atoms with van der Waals surface area (Å²) in [7, 11) is 0.